The van der Waals surface area contributed by atoms with Gasteiger partial charge in [-0.3, -0.25) is 10.4 Å². The third-order valence-electron chi connectivity index (χ3n) is 0.683. The molecule has 0 aliphatic rings. The van der Waals surface area contributed by atoms with Crippen molar-refractivity contribution >= 4 is 23.2 Å². The molecule has 0 heterocycles. The number of hydrazine groups is 1. The minimum atomic E-state index is 0.581. The molecule has 54 valence electrons. The molecular weight excluding hydrogens is 159 g/mol. The van der Waals surface area contributed by atoms with Crippen molar-refractivity contribution in [3.63, 3.8) is 0 Å². The summed E-state index contributed by atoms with van der Waals surface area (Å²) in [5, 5.41) is 2.41. The predicted molar refractivity (Wildman–Crippen MR) is 41.5 cm³/mol. The van der Waals surface area contributed by atoms with Crippen LogP contribution in [0.3, 0.4) is 0 Å². The fourth-order valence-corrected chi connectivity index (χ4v) is 0.409. The Labute approximate surface area is 65.4 Å². The van der Waals surface area contributed by atoms with E-state index in [0.29, 0.717) is 11.6 Å². The Morgan fingerprint density at radius 3 is 2.56 bits per heavy atom. The summed E-state index contributed by atoms with van der Waals surface area (Å²) in [6.45, 7) is 0.581. The predicted octanol–water partition coefficient (Wildman–Crippen LogP) is 1.37. The van der Waals surface area contributed by atoms with Gasteiger partial charge >= 0.3 is 0 Å². The van der Waals surface area contributed by atoms with E-state index in [1.165, 1.54) is 5.54 Å². The molecule has 0 amide bonds. The van der Waals surface area contributed by atoms with Crippen molar-refractivity contribution in [3.05, 3.63) is 10.6 Å². The molecule has 0 unspecified atom stereocenters. The van der Waals surface area contributed by atoms with Crippen molar-refractivity contribution in [3.8, 4) is 0 Å². The maximum atomic E-state index is 5.55. The molecule has 9 heavy (non-hydrogen) atoms. The first-order valence-corrected chi connectivity index (χ1v) is 3.34. The smallest absolute Gasteiger partial charge is 0.0469 e. The zero-order valence-electron chi connectivity index (χ0n) is 5.49. The van der Waals surface area contributed by atoms with Gasteiger partial charge in [-0.15, -0.1) is 0 Å². The average Bonchev–Trinajstić information content (AvgIpc) is 1.83. The van der Waals surface area contributed by atoms with E-state index in [2.05, 4.69) is 5.43 Å². The van der Waals surface area contributed by atoms with Crippen molar-refractivity contribution in [2.45, 2.75) is 0 Å². The summed E-state index contributed by atoms with van der Waals surface area (Å²) in [7, 11) is 3.77. The zero-order valence-corrected chi connectivity index (χ0v) is 7.00. The van der Waals surface area contributed by atoms with Crippen LogP contribution in [0, 0.1) is 0 Å². The van der Waals surface area contributed by atoms with E-state index in [9.17, 15) is 0 Å². The van der Waals surface area contributed by atoms with E-state index in [4.69, 9.17) is 23.2 Å². The van der Waals surface area contributed by atoms with Crippen LogP contribution in [0.4, 0.5) is 0 Å². The van der Waals surface area contributed by atoms with E-state index >= 15 is 0 Å². The highest BCUT2D eigenvalue weighted by Gasteiger charge is 1.90. The molecule has 0 aliphatic carbocycles. The number of hydrogen-bond acceptors (Lipinski definition) is 2. The van der Waals surface area contributed by atoms with Gasteiger partial charge in [0.05, 0.1) is 0 Å². The van der Waals surface area contributed by atoms with Gasteiger partial charge in [0.2, 0.25) is 0 Å². The Kier molecular flexibility index (Phi) is 5.19. The van der Waals surface area contributed by atoms with Crippen LogP contribution in [-0.4, -0.2) is 25.6 Å². The summed E-state index contributed by atoms with van der Waals surface area (Å²) in [4.78, 5) is 0. The maximum absolute atomic E-state index is 5.55. The molecule has 0 rings (SSSR count). The number of halogens is 2. The van der Waals surface area contributed by atoms with Crippen LogP contribution in [0.1, 0.15) is 0 Å². The molecule has 1 N–H and O–H groups in total. The molecule has 0 fully saturated rings. The largest absolute Gasteiger partial charge is 0.250 e. The highest BCUT2D eigenvalue weighted by atomic mass is 35.5. The lowest BCUT2D eigenvalue weighted by molar-refractivity contribution is 0.305. The average molecular weight is 169 g/mol. The molecule has 0 aromatic rings. The van der Waals surface area contributed by atoms with Crippen LogP contribution in [0.25, 0.3) is 0 Å². The van der Waals surface area contributed by atoms with Crippen LogP contribution in [-0.2, 0) is 0 Å². The second-order valence-corrected chi connectivity index (χ2v) is 2.49. The molecule has 0 aliphatic heterocycles. The first-order valence-electron chi connectivity index (χ1n) is 2.52. The number of nitrogens with zero attached hydrogens (tertiary/aromatic N) is 1. The second-order valence-electron chi connectivity index (χ2n) is 1.79. The van der Waals surface area contributed by atoms with Crippen LogP contribution < -0.4 is 5.43 Å². The monoisotopic (exact) mass is 168 g/mol. The standard InChI is InChI=1S/C5H10Cl2N2/c1-9(2)8-4-5(7)3-6/h3,8H,4H2,1-2H3. The van der Waals surface area contributed by atoms with Gasteiger partial charge in [0.25, 0.3) is 0 Å². The topological polar surface area (TPSA) is 15.3 Å². The van der Waals surface area contributed by atoms with E-state index in [0.717, 1.165) is 0 Å². The van der Waals surface area contributed by atoms with Crippen LogP contribution >= 0.6 is 23.2 Å². The molecule has 0 aromatic heterocycles. The second kappa shape index (κ2) is 5.06. The molecule has 4 heteroatoms. The SMILES string of the molecule is CN(C)NCC(Cl)=CCl. The number of rotatable bonds is 3. The first kappa shape index (κ1) is 9.24. The van der Waals surface area contributed by atoms with Gasteiger partial charge in [0, 0.05) is 31.2 Å². The van der Waals surface area contributed by atoms with Gasteiger partial charge in [-0.05, 0) is 0 Å². The molecular formula is C5H10Cl2N2. The van der Waals surface area contributed by atoms with Gasteiger partial charge in [0.15, 0.2) is 0 Å². The van der Waals surface area contributed by atoms with E-state index in [-0.39, 0.29) is 0 Å². The highest BCUT2D eigenvalue weighted by molar-refractivity contribution is 6.36. The molecule has 0 bridgehead atoms. The minimum Gasteiger partial charge on any atom is -0.250 e. The first-order chi connectivity index (χ1) is 4.16. The summed E-state index contributed by atoms with van der Waals surface area (Å²) in [5.74, 6) is 0. The Hall–Kier alpha value is 0.240. The third-order valence-corrected chi connectivity index (χ3v) is 1.30. The van der Waals surface area contributed by atoms with Crippen LogP contribution in [0.2, 0.25) is 0 Å². The van der Waals surface area contributed by atoms with Crippen molar-refractivity contribution in [1.82, 2.24) is 10.4 Å². The molecule has 0 radical (unpaired) electrons. The number of nitrogens with one attached hydrogen (secondary N) is 1. The fourth-order valence-electron chi connectivity index (χ4n) is 0.272. The highest BCUT2D eigenvalue weighted by Crippen LogP contribution is 1.99. The van der Waals surface area contributed by atoms with Gasteiger partial charge < -0.3 is 0 Å². The van der Waals surface area contributed by atoms with Crippen molar-refractivity contribution < 1.29 is 0 Å². The molecule has 0 aromatic carbocycles. The Morgan fingerprint density at radius 1 is 1.67 bits per heavy atom. The maximum Gasteiger partial charge on any atom is 0.0469 e. The summed E-state index contributed by atoms with van der Waals surface area (Å²) in [6.07, 6.45) is 0. The third kappa shape index (κ3) is 6.12. The van der Waals surface area contributed by atoms with Crippen molar-refractivity contribution in [2.24, 2.45) is 0 Å². The van der Waals surface area contributed by atoms with Crippen molar-refractivity contribution in [2.75, 3.05) is 20.6 Å². The lowest BCUT2D eigenvalue weighted by Crippen LogP contribution is -2.31. The van der Waals surface area contributed by atoms with E-state index in [1.807, 2.05) is 19.1 Å². The van der Waals surface area contributed by atoms with Crippen LogP contribution in [0.5, 0.6) is 0 Å². The van der Waals surface area contributed by atoms with E-state index < -0.39 is 0 Å². The summed E-state index contributed by atoms with van der Waals surface area (Å²) < 4.78 is 0. The number of hydrogen-bond donors (Lipinski definition) is 1. The molecule has 0 saturated carbocycles. The van der Waals surface area contributed by atoms with Crippen molar-refractivity contribution in [1.29, 1.82) is 0 Å². The van der Waals surface area contributed by atoms with E-state index in [1.54, 1.807) is 0 Å². The normalized spacial score (nSPS) is 12.8. The Bertz CT molecular complexity index is 101. The summed E-state index contributed by atoms with van der Waals surface area (Å²) in [6, 6.07) is 0. The zero-order chi connectivity index (χ0) is 7.28. The molecule has 0 spiro atoms. The Morgan fingerprint density at radius 2 is 2.22 bits per heavy atom. The van der Waals surface area contributed by atoms with Gasteiger partial charge in [-0.25, -0.2) is 0 Å². The summed E-state index contributed by atoms with van der Waals surface area (Å²) >= 11 is 10.8. The van der Waals surface area contributed by atoms with Crippen LogP contribution in [0.15, 0.2) is 10.6 Å². The summed E-state index contributed by atoms with van der Waals surface area (Å²) in [5.41, 5.74) is 4.29. The molecule has 2 nitrogen and oxygen atoms in total. The minimum absolute atomic E-state index is 0.581. The quantitative estimate of drug-likeness (QED) is 0.642. The molecule has 0 saturated heterocycles. The lowest BCUT2D eigenvalue weighted by Gasteiger charge is -2.09. The van der Waals surface area contributed by atoms with Gasteiger partial charge in [0.1, 0.15) is 0 Å². The fraction of sp³-hybridized carbons (Fsp3) is 0.600. The van der Waals surface area contributed by atoms with Gasteiger partial charge in [-0.1, -0.05) is 23.2 Å². The Balaban J connectivity index is 3.28. The van der Waals surface area contributed by atoms with Gasteiger partial charge in [-0.2, -0.15) is 0 Å². The lowest BCUT2D eigenvalue weighted by atomic mass is 10.6. The molecule has 0 atom stereocenters.